The summed E-state index contributed by atoms with van der Waals surface area (Å²) in [5.74, 6) is -0.279. The van der Waals surface area contributed by atoms with Crippen LogP contribution >= 0.6 is 39.1 Å². The average molecular weight is 360 g/mol. The topological polar surface area (TPSA) is 42.0 Å². The molecule has 0 aliphatic rings. The zero-order chi connectivity index (χ0) is 13.8. The Balaban J connectivity index is 2.07. The minimum absolute atomic E-state index is 0.173. The summed E-state index contributed by atoms with van der Waals surface area (Å²) in [6, 6.07) is 8.91. The summed E-state index contributed by atoms with van der Waals surface area (Å²) < 4.78 is 0.699. The van der Waals surface area contributed by atoms with E-state index in [4.69, 9.17) is 23.2 Å². The van der Waals surface area contributed by atoms with E-state index in [1.165, 1.54) is 6.20 Å². The van der Waals surface area contributed by atoms with Gasteiger partial charge in [-0.3, -0.25) is 4.79 Å². The molecule has 2 rings (SSSR count). The average Bonchev–Trinajstić information content (AvgIpc) is 2.39. The van der Waals surface area contributed by atoms with Gasteiger partial charge < -0.3 is 5.32 Å². The zero-order valence-electron chi connectivity index (χ0n) is 9.66. The largest absolute Gasteiger partial charge is 0.348 e. The minimum Gasteiger partial charge on any atom is -0.348 e. The third-order valence-electron chi connectivity index (χ3n) is 2.39. The highest BCUT2D eigenvalue weighted by atomic mass is 79.9. The Morgan fingerprint density at radius 2 is 2.11 bits per heavy atom. The van der Waals surface area contributed by atoms with Gasteiger partial charge >= 0.3 is 0 Å². The maximum Gasteiger partial charge on any atom is 0.254 e. The van der Waals surface area contributed by atoms with Crippen molar-refractivity contribution >= 4 is 45.0 Å². The molecule has 0 fully saturated rings. The molecular formula is C13H9BrCl2N2O. The molecule has 0 spiro atoms. The molecule has 3 nitrogen and oxygen atoms in total. The van der Waals surface area contributed by atoms with Gasteiger partial charge in [-0.15, -0.1) is 0 Å². The number of rotatable bonds is 3. The van der Waals surface area contributed by atoms with Crippen LogP contribution in [0, 0.1) is 0 Å². The molecule has 2 aromatic rings. The summed E-state index contributed by atoms with van der Waals surface area (Å²) in [5, 5.41) is 3.57. The maximum atomic E-state index is 12.0. The van der Waals surface area contributed by atoms with E-state index >= 15 is 0 Å². The number of halogens is 3. The molecule has 6 heteroatoms. The minimum atomic E-state index is -0.279. The molecule has 0 unspecified atom stereocenters. The fourth-order valence-electron chi connectivity index (χ4n) is 1.51. The van der Waals surface area contributed by atoms with Crippen LogP contribution in [0.2, 0.25) is 10.2 Å². The number of nitrogens with zero attached hydrogens (tertiary/aromatic N) is 1. The van der Waals surface area contributed by atoms with Gasteiger partial charge in [0.15, 0.2) is 0 Å². The first-order valence-electron chi connectivity index (χ1n) is 5.40. The highest BCUT2D eigenvalue weighted by Gasteiger charge is 2.11. The summed E-state index contributed by atoms with van der Waals surface area (Å²) in [7, 11) is 0. The van der Waals surface area contributed by atoms with Gasteiger partial charge in [-0.05, 0) is 39.7 Å². The summed E-state index contributed by atoms with van der Waals surface area (Å²) in [6.45, 7) is 0.377. The van der Waals surface area contributed by atoms with Crippen molar-refractivity contribution in [2.75, 3.05) is 0 Å². The van der Waals surface area contributed by atoms with Gasteiger partial charge in [-0.2, -0.15) is 0 Å². The third kappa shape index (κ3) is 3.93. The van der Waals surface area contributed by atoms with E-state index in [1.54, 1.807) is 18.2 Å². The Kier molecular flexibility index (Phi) is 4.80. The lowest BCUT2D eigenvalue weighted by Gasteiger charge is -2.07. The molecule has 98 valence electrons. The van der Waals surface area contributed by atoms with E-state index in [0.717, 1.165) is 5.56 Å². The van der Waals surface area contributed by atoms with Crippen LogP contribution in [0.4, 0.5) is 0 Å². The Morgan fingerprint density at radius 1 is 1.32 bits per heavy atom. The highest BCUT2D eigenvalue weighted by molar-refractivity contribution is 9.10. The van der Waals surface area contributed by atoms with Crippen LogP contribution in [0.1, 0.15) is 15.9 Å². The maximum absolute atomic E-state index is 12.0. The number of amides is 1. The summed E-state index contributed by atoms with van der Waals surface area (Å²) in [4.78, 5) is 15.9. The first kappa shape index (κ1) is 14.3. The van der Waals surface area contributed by atoms with Crippen LogP contribution in [0.3, 0.4) is 0 Å². The monoisotopic (exact) mass is 358 g/mol. The number of hydrogen-bond donors (Lipinski definition) is 1. The molecule has 0 aliphatic carbocycles. The van der Waals surface area contributed by atoms with Gasteiger partial charge in [0.25, 0.3) is 5.91 Å². The second-order valence-corrected chi connectivity index (χ2v) is 5.51. The van der Waals surface area contributed by atoms with Gasteiger partial charge in [-0.25, -0.2) is 4.98 Å². The van der Waals surface area contributed by atoms with Crippen LogP contribution in [0.5, 0.6) is 0 Å². The predicted octanol–water partition coefficient (Wildman–Crippen LogP) is 4.08. The lowest BCUT2D eigenvalue weighted by Crippen LogP contribution is -2.23. The van der Waals surface area contributed by atoms with Crippen LogP contribution in [0.15, 0.2) is 41.0 Å². The van der Waals surface area contributed by atoms with Crippen molar-refractivity contribution in [2.24, 2.45) is 0 Å². The molecule has 0 bridgehead atoms. The first-order valence-corrected chi connectivity index (χ1v) is 6.95. The molecule has 0 aliphatic heterocycles. The van der Waals surface area contributed by atoms with Gasteiger partial charge in [0, 0.05) is 22.2 Å². The Hall–Kier alpha value is -1.10. The van der Waals surface area contributed by atoms with Gasteiger partial charge in [0.05, 0.1) is 5.56 Å². The number of nitrogens with one attached hydrogen (secondary N) is 1. The molecule has 0 atom stereocenters. The molecule has 19 heavy (non-hydrogen) atoms. The van der Waals surface area contributed by atoms with Gasteiger partial charge in [0.2, 0.25) is 0 Å². The number of benzene rings is 1. The van der Waals surface area contributed by atoms with Crippen molar-refractivity contribution in [1.82, 2.24) is 10.3 Å². The molecular weight excluding hydrogens is 351 g/mol. The fourth-order valence-corrected chi connectivity index (χ4v) is 2.24. The lowest BCUT2D eigenvalue weighted by molar-refractivity contribution is 0.0950. The second kappa shape index (κ2) is 6.37. The molecule has 1 amide bonds. The molecule has 1 heterocycles. The number of pyridine rings is 1. The number of aromatic nitrogens is 1. The Labute approximate surface area is 129 Å². The van der Waals surface area contributed by atoms with Crippen molar-refractivity contribution in [1.29, 1.82) is 0 Å². The molecule has 1 aromatic heterocycles. The first-order chi connectivity index (χ1) is 9.06. The standard InChI is InChI=1S/C13H9BrCl2N2O/c14-9-5-11(12(16)17-7-9)13(19)18-6-8-2-1-3-10(15)4-8/h1-5,7H,6H2,(H,18,19). The Bertz CT molecular complexity index is 619. The van der Waals surface area contributed by atoms with Crippen molar-refractivity contribution in [3.63, 3.8) is 0 Å². The lowest BCUT2D eigenvalue weighted by atomic mass is 10.2. The number of carbonyl (C=O) groups is 1. The van der Waals surface area contributed by atoms with E-state index in [0.29, 0.717) is 21.6 Å². The van der Waals surface area contributed by atoms with Crippen molar-refractivity contribution in [3.8, 4) is 0 Å². The third-order valence-corrected chi connectivity index (χ3v) is 3.36. The normalized spacial score (nSPS) is 10.3. The van der Waals surface area contributed by atoms with E-state index in [9.17, 15) is 4.79 Å². The quantitative estimate of drug-likeness (QED) is 0.839. The SMILES string of the molecule is O=C(NCc1cccc(Cl)c1)c1cc(Br)cnc1Cl. The molecule has 0 saturated carbocycles. The van der Waals surface area contributed by atoms with Crippen LogP contribution in [-0.4, -0.2) is 10.9 Å². The van der Waals surface area contributed by atoms with E-state index in [-0.39, 0.29) is 11.1 Å². The zero-order valence-corrected chi connectivity index (χ0v) is 12.8. The molecule has 1 aromatic carbocycles. The van der Waals surface area contributed by atoms with E-state index in [2.05, 4.69) is 26.2 Å². The molecule has 0 saturated heterocycles. The van der Waals surface area contributed by atoms with Crippen LogP contribution in [0.25, 0.3) is 0 Å². The summed E-state index contributed by atoms with van der Waals surface area (Å²) in [6.07, 6.45) is 1.54. The highest BCUT2D eigenvalue weighted by Crippen LogP contribution is 2.18. The molecule has 0 radical (unpaired) electrons. The fraction of sp³-hybridized carbons (Fsp3) is 0.0769. The predicted molar refractivity (Wildman–Crippen MR) is 79.6 cm³/mol. The van der Waals surface area contributed by atoms with Crippen molar-refractivity contribution in [2.45, 2.75) is 6.54 Å². The molecule has 1 N–H and O–H groups in total. The number of hydrogen-bond acceptors (Lipinski definition) is 2. The number of carbonyl (C=O) groups excluding carboxylic acids is 1. The van der Waals surface area contributed by atoms with Crippen molar-refractivity contribution < 1.29 is 4.79 Å². The van der Waals surface area contributed by atoms with Gasteiger partial charge in [-0.1, -0.05) is 35.3 Å². The van der Waals surface area contributed by atoms with Crippen LogP contribution in [-0.2, 0) is 6.54 Å². The van der Waals surface area contributed by atoms with Crippen molar-refractivity contribution in [3.05, 3.63) is 62.3 Å². The summed E-state index contributed by atoms with van der Waals surface area (Å²) in [5.41, 5.74) is 1.25. The van der Waals surface area contributed by atoms with E-state index in [1.807, 2.05) is 12.1 Å². The smallest absolute Gasteiger partial charge is 0.254 e. The second-order valence-electron chi connectivity index (χ2n) is 3.80. The van der Waals surface area contributed by atoms with Gasteiger partial charge in [0.1, 0.15) is 5.15 Å². The summed E-state index contributed by atoms with van der Waals surface area (Å²) >= 11 is 15.0. The van der Waals surface area contributed by atoms with E-state index < -0.39 is 0 Å². The Morgan fingerprint density at radius 3 is 2.84 bits per heavy atom. The van der Waals surface area contributed by atoms with Crippen LogP contribution < -0.4 is 5.32 Å².